The van der Waals surface area contributed by atoms with Gasteiger partial charge in [0.15, 0.2) is 0 Å². The molecule has 0 unspecified atom stereocenters. The fourth-order valence-corrected chi connectivity index (χ4v) is 7.16. The summed E-state index contributed by atoms with van der Waals surface area (Å²) in [6, 6.07) is 3.23. The lowest BCUT2D eigenvalue weighted by molar-refractivity contribution is 0.0464. The molecule has 0 radical (unpaired) electrons. The maximum absolute atomic E-state index is 12.9. The molecule has 0 spiro atoms. The van der Waals surface area contributed by atoms with E-state index < -0.39 is 27.0 Å². The van der Waals surface area contributed by atoms with Gasteiger partial charge >= 0.3 is 11.9 Å². The fraction of sp³-hybridized carbons (Fsp3) is 0.739. The molecule has 0 fully saturated rings. The van der Waals surface area contributed by atoms with Crippen LogP contribution in [0.25, 0.3) is 0 Å². The standard InChI is InChI=1S/C46H78O7S/c1-3-5-7-9-11-13-15-17-19-21-23-25-27-29-31-33-35-39-52-45(47)43-38-37-42(54(49,50)51)41-44(43)46(48)53-40-36-34-32-30-28-26-24-22-20-18-16-14-12-10-8-6-4-2/h31-34,37-38,41H,3-30,35-36,39-40H2,1-2H3,(H,49,50,51)/b33-31+,34-32+. The molecule has 0 amide bonds. The molecule has 8 heteroatoms. The smallest absolute Gasteiger partial charge is 0.339 e. The van der Waals surface area contributed by atoms with E-state index >= 15 is 0 Å². The molecule has 0 saturated heterocycles. The van der Waals surface area contributed by atoms with E-state index in [1.807, 2.05) is 12.2 Å². The highest BCUT2D eigenvalue weighted by Crippen LogP contribution is 2.20. The minimum atomic E-state index is -4.58. The van der Waals surface area contributed by atoms with E-state index in [9.17, 15) is 22.6 Å². The molecular formula is C46H78O7S. The van der Waals surface area contributed by atoms with E-state index in [4.69, 9.17) is 9.47 Å². The quantitative estimate of drug-likeness (QED) is 0.0310. The van der Waals surface area contributed by atoms with E-state index in [-0.39, 0.29) is 24.3 Å². The Kier molecular flexibility index (Phi) is 32.1. The van der Waals surface area contributed by atoms with Crippen molar-refractivity contribution in [2.75, 3.05) is 13.2 Å². The fourth-order valence-electron chi connectivity index (χ4n) is 6.66. The second kappa shape index (κ2) is 35.0. The Hall–Kier alpha value is -2.45. The van der Waals surface area contributed by atoms with Crippen LogP contribution in [0.4, 0.5) is 0 Å². The number of carbonyl (C=O) groups excluding carboxylic acids is 2. The molecule has 0 saturated carbocycles. The van der Waals surface area contributed by atoms with Crippen molar-refractivity contribution >= 4 is 22.1 Å². The van der Waals surface area contributed by atoms with E-state index in [2.05, 4.69) is 26.0 Å². The van der Waals surface area contributed by atoms with Crippen molar-refractivity contribution < 1.29 is 32.0 Å². The first-order valence-corrected chi connectivity index (χ1v) is 23.5. The van der Waals surface area contributed by atoms with Crippen LogP contribution >= 0.6 is 0 Å². The van der Waals surface area contributed by atoms with Gasteiger partial charge in [-0.25, -0.2) is 9.59 Å². The number of hydrogen-bond donors (Lipinski definition) is 1. The molecule has 1 rings (SSSR count). The van der Waals surface area contributed by atoms with Crippen LogP contribution in [-0.2, 0) is 19.6 Å². The summed E-state index contributed by atoms with van der Waals surface area (Å²) in [6.45, 7) is 4.74. The van der Waals surface area contributed by atoms with Crippen LogP contribution < -0.4 is 0 Å². The SMILES string of the molecule is CCCCCCCCCCCCCCC/C=C/CCOC(=O)c1ccc(S(=O)(=O)O)cc1C(=O)OCC/C=C/CCCCCCCCCCCCCCC. The monoisotopic (exact) mass is 775 g/mol. The van der Waals surface area contributed by atoms with Gasteiger partial charge < -0.3 is 9.47 Å². The van der Waals surface area contributed by atoms with Gasteiger partial charge in [-0.1, -0.05) is 192 Å². The Morgan fingerprint density at radius 1 is 0.481 bits per heavy atom. The molecule has 1 N–H and O–H groups in total. The zero-order valence-corrected chi connectivity index (χ0v) is 35.3. The zero-order valence-electron chi connectivity index (χ0n) is 34.5. The summed E-state index contributed by atoms with van der Waals surface area (Å²) >= 11 is 0. The van der Waals surface area contributed by atoms with Crippen molar-refractivity contribution in [1.82, 2.24) is 0 Å². The first-order chi connectivity index (χ1) is 26.3. The third-order valence-corrected chi connectivity index (χ3v) is 10.9. The first-order valence-electron chi connectivity index (χ1n) is 22.1. The lowest BCUT2D eigenvalue weighted by Gasteiger charge is -2.10. The van der Waals surface area contributed by atoms with E-state index in [1.165, 1.54) is 160 Å². The predicted molar refractivity (Wildman–Crippen MR) is 225 cm³/mol. The van der Waals surface area contributed by atoms with Crippen molar-refractivity contribution in [3.8, 4) is 0 Å². The first kappa shape index (κ1) is 49.6. The van der Waals surface area contributed by atoms with Gasteiger partial charge in [0, 0.05) is 0 Å². The van der Waals surface area contributed by atoms with Gasteiger partial charge in [-0.05, 0) is 56.7 Å². The molecule has 0 heterocycles. The van der Waals surface area contributed by atoms with Crippen LogP contribution in [0.15, 0.2) is 47.4 Å². The van der Waals surface area contributed by atoms with Crippen molar-refractivity contribution in [3.05, 3.63) is 53.6 Å². The number of unbranched alkanes of at least 4 members (excludes halogenated alkanes) is 26. The topological polar surface area (TPSA) is 107 Å². The third kappa shape index (κ3) is 28.0. The maximum Gasteiger partial charge on any atom is 0.339 e. The molecule has 1 aromatic carbocycles. The number of benzene rings is 1. The second-order valence-electron chi connectivity index (χ2n) is 15.0. The number of rotatable bonds is 37. The van der Waals surface area contributed by atoms with Crippen molar-refractivity contribution in [2.24, 2.45) is 0 Å². The summed E-state index contributed by atoms with van der Waals surface area (Å²) in [5.74, 6) is -1.58. The Labute approximate surface area is 331 Å². The second-order valence-corrected chi connectivity index (χ2v) is 16.5. The minimum absolute atomic E-state index is 0.0859. The lowest BCUT2D eigenvalue weighted by atomic mass is 10.0. The van der Waals surface area contributed by atoms with Crippen molar-refractivity contribution in [3.63, 3.8) is 0 Å². The average Bonchev–Trinajstić information content (AvgIpc) is 3.16. The molecule has 310 valence electrons. The highest BCUT2D eigenvalue weighted by molar-refractivity contribution is 7.85. The highest BCUT2D eigenvalue weighted by atomic mass is 32.2. The summed E-state index contributed by atoms with van der Waals surface area (Å²) in [7, 11) is -4.58. The summed E-state index contributed by atoms with van der Waals surface area (Å²) in [6.07, 6.45) is 45.7. The predicted octanol–water partition coefficient (Wildman–Crippen LogP) is 14.1. The molecular weight excluding hydrogens is 697 g/mol. The van der Waals surface area contributed by atoms with E-state index in [0.29, 0.717) is 12.8 Å². The van der Waals surface area contributed by atoms with Crippen LogP contribution in [0.3, 0.4) is 0 Å². The molecule has 0 aliphatic rings. The van der Waals surface area contributed by atoms with Crippen molar-refractivity contribution in [2.45, 2.75) is 211 Å². The van der Waals surface area contributed by atoms with Gasteiger partial charge in [0.2, 0.25) is 0 Å². The van der Waals surface area contributed by atoms with Crippen LogP contribution in [0, 0.1) is 0 Å². The molecule has 0 aromatic heterocycles. The lowest BCUT2D eigenvalue weighted by Crippen LogP contribution is -2.16. The van der Waals surface area contributed by atoms with Gasteiger partial charge in [-0.3, -0.25) is 4.55 Å². The number of ether oxygens (including phenoxy) is 2. The number of hydrogen-bond acceptors (Lipinski definition) is 6. The van der Waals surface area contributed by atoms with Gasteiger partial charge in [0.1, 0.15) is 0 Å². The molecule has 0 atom stereocenters. The van der Waals surface area contributed by atoms with Crippen LogP contribution in [0.1, 0.15) is 227 Å². The van der Waals surface area contributed by atoms with E-state index in [1.54, 1.807) is 0 Å². The Morgan fingerprint density at radius 3 is 1.15 bits per heavy atom. The number of allylic oxidation sites excluding steroid dienone is 2. The summed E-state index contributed by atoms with van der Waals surface area (Å²) in [5, 5.41) is 0. The summed E-state index contributed by atoms with van der Waals surface area (Å²) in [5.41, 5.74) is -0.342. The van der Waals surface area contributed by atoms with Crippen LogP contribution in [0.5, 0.6) is 0 Å². The molecule has 1 aromatic rings. The maximum atomic E-state index is 12.9. The minimum Gasteiger partial charge on any atom is -0.462 e. The largest absolute Gasteiger partial charge is 0.462 e. The Balaban J connectivity index is 2.26. The highest BCUT2D eigenvalue weighted by Gasteiger charge is 2.23. The average molecular weight is 775 g/mol. The zero-order chi connectivity index (χ0) is 39.4. The van der Waals surface area contributed by atoms with Gasteiger partial charge in [0.25, 0.3) is 10.1 Å². The summed E-state index contributed by atoms with van der Waals surface area (Å²) in [4.78, 5) is 25.3. The third-order valence-electron chi connectivity index (χ3n) is 10.0. The Bertz CT molecular complexity index is 1240. The molecule has 0 aliphatic heterocycles. The normalized spacial score (nSPS) is 11.9. The molecule has 0 bridgehead atoms. The van der Waals surface area contributed by atoms with Crippen LogP contribution in [-0.4, -0.2) is 38.1 Å². The number of esters is 2. The van der Waals surface area contributed by atoms with Gasteiger partial charge in [-0.15, -0.1) is 0 Å². The Morgan fingerprint density at radius 2 is 0.796 bits per heavy atom. The van der Waals surface area contributed by atoms with Crippen LogP contribution in [0.2, 0.25) is 0 Å². The van der Waals surface area contributed by atoms with E-state index in [0.717, 1.165) is 37.8 Å². The summed E-state index contributed by atoms with van der Waals surface area (Å²) < 4.78 is 43.8. The molecule has 54 heavy (non-hydrogen) atoms. The van der Waals surface area contributed by atoms with Gasteiger partial charge in [-0.2, -0.15) is 8.42 Å². The number of carbonyl (C=O) groups is 2. The van der Waals surface area contributed by atoms with Gasteiger partial charge in [0.05, 0.1) is 29.2 Å². The molecule has 0 aliphatic carbocycles. The van der Waals surface area contributed by atoms with Crippen molar-refractivity contribution in [1.29, 1.82) is 0 Å². The molecule has 7 nitrogen and oxygen atoms in total.